The molecule has 1 saturated heterocycles. The van der Waals surface area contributed by atoms with Gasteiger partial charge in [-0.15, -0.1) is 5.54 Å². The second-order valence-corrected chi connectivity index (χ2v) is 13.8. The van der Waals surface area contributed by atoms with E-state index < -0.39 is 14.3 Å². The molecule has 4 rings (SSSR count). The number of hydrogen-bond donors (Lipinski definition) is 2. The molecule has 0 aromatic heterocycles. The maximum absolute atomic E-state index is 12.6. The maximum Gasteiger partial charge on any atom is 0.320 e. The van der Waals surface area contributed by atoms with Crippen molar-refractivity contribution in [3.8, 4) is 11.1 Å². The monoisotopic (exact) mass is 483 g/mol. The minimum absolute atomic E-state index is 0.0655. The third-order valence-electron chi connectivity index (χ3n) is 5.74. The summed E-state index contributed by atoms with van der Waals surface area (Å²) >= 11 is 0. The van der Waals surface area contributed by atoms with Gasteiger partial charge in [0.2, 0.25) is 0 Å². The predicted octanol–water partition coefficient (Wildman–Crippen LogP) is 5.65. The molecule has 2 N–H and O–H groups in total. The van der Waals surface area contributed by atoms with Crippen molar-refractivity contribution >= 4 is 19.9 Å². The van der Waals surface area contributed by atoms with E-state index in [1.165, 1.54) is 22.3 Å². The number of ether oxygens (including phenoxy) is 1. The molecule has 0 bridgehead atoms. The molecule has 0 amide bonds. The first-order valence-electron chi connectivity index (χ1n) is 11.7. The van der Waals surface area contributed by atoms with Crippen molar-refractivity contribution in [3.05, 3.63) is 65.1 Å². The molecule has 2 aromatic rings. The molecule has 184 valence electrons. The number of nitrogens with one attached hydrogen (secondary N) is 1. The van der Waals surface area contributed by atoms with Crippen LogP contribution in [0.25, 0.3) is 16.6 Å². The van der Waals surface area contributed by atoms with Crippen molar-refractivity contribution < 1.29 is 24.0 Å². The van der Waals surface area contributed by atoms with Gasteiger partial charge >= 0.3 is 11.6 Å². The second-order valence-electron chi connectivity index (χ2n) is 10.2. The van der Waals surface area contributed by atoms with Crippen LogP contribution in [-0.2, 0) is 14.1 Å². The van der Waals surface area contributed by atoms with Gasteiger partial charge in [-0.25, -0.2) is 0 Å². The number of carboxylic acid groups (broad SMARTS) is 1. The van der Waals surface area contributed by atoms with Crippen LogP contribution in [0.3, 0.4) is 0 Å². The molecule has 1 aliphatic carbocycles. The second kappa shape index (κ2) is 10.8. The number of benzene rings is 2. The van der Waals surface area contributed by atoms with E-state index >= 15 is 0 Å². The Bertz CT molecular complexity index is 967. The summed E-state index contributed by atoms with van der Waals surface area (Å²) in [4.78, 5) is 22.8. The van der Waals surface area contributed by atoms with Crippen LogP contribution in [0.15, 0.2) is 48.5 Å². The Labute approximate surface area is 202 Å². The quantitative estimate of drug-likeness (QED) is 0.407. The van der Waals surface area contributed by atoms with E-state index in [1.54, 1.807) is 0 Å². The van der Waals surface area contributed by atoms with Crippen LogP contribution < -0.4 is 5.32 Å². The summed E-state index contributed by atoms with van der Waals surface area (Å²) in [6.07, 6.45) is 1.78. The highest BCUT2D eigenvalue weighted by Gasteiger charge is 2.35. The van der Waals surface area contributed by atoms with Gasteiger partial charge in [-0.05, 0) is 54.7 Å². The molecule has 7 nitrogen and oxygen atoms in total. The Morgan fingerprint density at radius 3 is 2.06 bits per heavy atom. The summed E-state index contributed by atoms with van der Waals surface area (Å²) in [6.45, 7) is 10.6. The van der Waals surface area contributed by atoms with E-state index in [0.29, 0.717) is 6.61 Å². The van der Waals surface area contributed by atoms with Gasteiger partial charge in [-0.2, -0.15) is 0 Å². The molecule has 1 atom stereocenters. The van der Waals surface area contributed by atoms with Crippen molar-refractivity contribution in [1.82, 2.24) is 5.32 Å². The third-order valence-corrected chi connectivity index (χ3v) is 7.42. The smallest absolute Gasteiger partial charge is 0.320 e. The first kappa shape index (κ1) is 26.1. The highest BCUT2D eigenvalue weighted by atomic mass is 28.4. The summed E-state index contributed by atoms with van der Waals surface area (Å²) in [5.41, 5.74) is 8.41. The SMILES string of the molecule is CC(C)(C)[N-]O[Si](C)(C)C(=O)OCC1c2ccccc2-c2ccccc21.O=C(O)[C@@H]1CCCN1. The van der Waals surface area contributed by atoms with E-state index in [9.17, 15) is 9.59 Å². The molecule has 0 radical (unpaired) electrons. The van der Waals surface area contributed by atoms with Crippen LogP contribution >= 0.6 is 0 Å². The Hall–Kier alpha value is -2.52. The molecule has 1 fully saturated rings. The molecule has 0 saturated carbocycles. The Morgan fingerprint density at radius 2 is 1.62 bits per heavy atom. The molecule has 0 spiro atoms. The van der Waals surface area contributed by atoms with Crippen molar-refractivity contribution in [3.63, 3.8) is 0 Å². The molecule has 8 heteroatoms. The fourth-order valence-corrected chi connectivity index (χ4v) is 4.96. The highest BCUT2D eigenvalue weighted by Crippen LogP contribution is 2.44. The van der Waals surface area contributed by atoms with Gasteiger partial charge in [0.25, 0.3) is 8.32 Å². The van der Waals surface area contributed by atoms with Gasteiger partial charge in [-0.1, -0.05) is 69.3 Å². The van der Waals surface area contributed by atoms with E-state index in [2.05, 4.69) is 35.1 Å². The van der Waals surface area contributed by atoms with Crippen molar-refractivity contribution in [2.45, 2.75) is 64.2 Å². The van der Waals surface area contributed by atoms with Gasteiger partial charge in [0.15, 0.2) is 0 Å². The van der Waals surface area contributed by atoms with Crippen molar-refractivity contribution in [2.75, 3.05) is 13.2 Å². The lowest BCUT2D eigenvalue weighted by Gasteiger charge is -2.41. The topological polar surface area (TPSA) is 99.0 Å². The lowest BCUT2D eigenvalue weighted by molar-refractivity contribution is -0.139. The third kappa shape index (κ3) is 6.54. The number of hydroxylamine groups is 1. The minimum atomic E-state index is -2.70. The molecule has 1 heterocycles. The number of carbonyl (C=O) groups excluding carboxylic acids is 1. The van der Waals surface area contributed by atoms with E-state index in [1.807, 2.05) is 58.1 Å². The number of rotatable bonds is 6. The normalized spacial score (nSPS) is 17.4. The van der Waals surface area contributed by atoms with Crippen molar-refractivity contribution in [2.24, 2.45) is 0 Å². The highest BCUT2D eigenvalue weighted by molar-refractivity contribution is 6.98. The molecule has 1 aliphatic heterocycles. The fraction of sp³-hybridized carbons (Fsp3) is 0.462. The molecular weight excluding hydrogens is 448 g/mol. The number of fused-ring (bicyclic) bond motifs is 3. The van der Waals surface area contributed by atoms with Gasteiger partial charge in [0.1, 0.15) is 12.6 Å². The molecular formula is C26H35N2O5Si-. The minimum Gasteiger partial charge on any atom is -0.542 e. The van der Waals surface area contributed by atoms with Crippen LogP contribution in [0.5, 0.6) is 0 Å². The summed E-state index contributed by atoms with van der Waals surface area (Å²) in [5, 5.41) is 11.2. The van der Waals surface area contributed by atoms with E-state index in [0.717, 1.165) is 19.4 Å². The zero-order valence-electron chi connectivity index (χ0n) is 20.6. The van der Waals surface area contributed by atoms with Gasteiger partial charge in [-0.3, -0.25) is 9.59 Å². The summed E-state index contributed by atoms with van der Waals surface area (Å²) < 4.78 is 11.3. The molecule has 2 aliphatic rings. The Kier molecular flexibility index (Phi) is 8.30. The molecule has 0 unspecified atom stereocenters. The van der Waals surface area contributed by atoms with Gasteiger partial charge in [0.05, 0.1) is 0 Å². The first-order valence-corrected chi connectivity index (χ1v) is 14.6. The summed E-state index contributed by atoms with van der Waals surface area (Å²) in [6, 6.07) is 16.4. The van der Waals surface area contributed by atoms with E-state index in [-0.39, 0.29) is 23.1 Å². The predicted molar refractivity (Wildman–Crippen MR) is 135 cm³/mol. The molecule has 34 heavy (non-hydrogen) atoms. The van der Waals surface area contributed by atoms with Crippen LogP contribution in [0, 0.1) is 0 Å². The largest absolute Gasteiger partial charge is 0.542 e. The van der Waals surface area contributed by atoms with Crippen LogP contribution in [0.2, 0.25) is 13.1 Å². The van der Waals surface area contributed by atoms with Crippen LogP contribution in [-0.4, -0.2) is 49.7 Å². The zero-order chi connectivity index (χ0) is 24.9. The lowest BCUT2D eigenvalue weighted by atomic mass is 9.98. The average Bonchev–Trinajstić information content (AvgIpc) is 3.43. The van der Waals surface area contributed by atoms with Crippen LogP contribution in [0.4, 0.5) is 4.79 Å². The number of hydrogen-bond acceptors (Lipinski definition) is 5. The number of nitrogens with zero attached hydrogens (tertiary/aromatic N) is 1. The van der Waals surface area contributed by atoms with Gasteiger partial charge < -0.3 is 25.2 Å². The summed E-state index contributed by atoms with van der Waals surface area (Å²) in [5.74, 6) is -0.654. The van der Waals surface area contributed by atoms with Crippen LogP contribution in [0.1, 0.15) is 50.7 Å². The number of carbonyl (C=O) groups is 2. The zero-order valence-corrected chi connectivity index (χ0v) is 21.6. The molecule has 2 aromatic carbocycles. The first-order chi connectivity index (χ1) is 16.0. The fourth-order valence-electron chi connectivity index (χ4n) is 3.96. The number of carboxylic acids is 1. The summed E-state index contributed by atoms with van der Waals surface area (Å²) in [7, 11) is -2.70. The van der Waals surface area contributed by atoms with Crippen molar-refractivity contribution in [1.29, 1.82) is 0 Å². The Morgan fingerprint density at radius 1 is 1.06 bits per heavy atom. The van der Waals surface area contributed by atoms with Gasteiger partial charge in [0, 0.05) is 5.92 Å². The lowest BCUT2D eigenvalue weighted by Crippen LogP contribution is -2.42. The Balaban J connectivity index is 0.000000343. The standard InChI is InChI=1S/C21H26NO3Si.C5H9NO2/c1-21(2,3)22-25-26(4,5)20(23)24-14-19-17-12-8-6-10-15(17)16-11-7-9-13-18(16)19;7-5(8)4-2-1-3-6-4/h6-13,19H,14H2,1-5H3;4,6H,1-3H2,(H,7,8)/q-1;/t;4-/m.0/s1. The average molecular weight is 484 g/mol. The number of aliphatic carboxylic acids is 1. The maximum atomic E-state index is 12.6. The van der Waals surface area contributed by atoms with E-state index in [4.69, 9.17) is 14.4 Å².